The number of thiazole rings is 1. The smallest absolute Gasteiger partial charge is 0.321 e. The Morgan fingerprint density at radius 3 is 2.60 bits per heavy atom. The fourth-order valence-corrected chi connectivity index (χ4v) is 7.64. The number of carbonyl (C=O) groups is 2. The fourth-order valence-electron chi connectivity index (χ4n) is 6.79. The summed E-state index contributed by atoms with van der Waals surface area (Å²) in [5.41, 5.74) is 1.85. The van der Waals surface area contributed by atoms with Crippen LogP contribution in [0.2, 0.25) is 0 Å². The molecule has 0 aliphatic carbocycles. The third-order valence-electron chi connectivity index (χ3n) is 8.78. The van der Waals surface area contributed by atoms with Gasteiger partial charge in [-0.25, -0.2) is 14.2 Å². The van der Waals surface area contributed by atoms with Crippen molar-refractivity contribution in [3.63, 3.8) is 0 Å². The normalized spacial score (nSPS) is 25.0. The van der Waals surface area contributed by atoms with Crippen LogP contribution in [0, 0.1) is 24.6 Å². The topological polar surface area (TPSA) is 89.6 Å². The van der Waals surface area contributed by atoms with Gasteiger partial charge in [0.2, 0.25) is 0 Å². The molecule has 10 heteroatoms. The second kappa shape index (κ2) is 13.5. The van der Waals surface area contributed by atoms with Gasteiger partial charge in [-0.1, -0.05) is 23.5 Å². The second-order valence-electron chi connectivity index (χ2n) is 11.8. The van der Waals surface area contributed by atoms with Crippen LogP contribution >= 0.6 is 11.3 Å². The summed E-state index contributed by atoms with van der Waals surface area (Å²) in [5.74, 6) is 0.663. The number of nitrogens with zero attached hydrogens (tertiary/aromatic N) is 3. The van der Waals surface area contributed by atoms with E-state index in [0.29, 0.717) is 33.6 Å². The van der Waals surface area contributed by atoms with E-state index in [1.807, 2.05) is 12.1 Å². The van der Waals surface area contributed by atoms with Crippen LogP contribution in [0.15, 0.2) is 24.3 Å². The molecular formula is C30H43FN6O2S. The number of urea groups is 1. The Bertz CT molecular complexity index is 1150. The molecule has 218 valence electrons. The molecule has 3 saturated heterocycles. The minimum Gasteiger partial charge on any atom is -0.335 e. The molecule has 3 aliphatic heterocycles. The average molecular weight is 571 g/mol. The van der Waals surface area contributed by atoms with E-state index in [9.17, 15) is 14.0 Å². The van der Waals surface area contributed by atoms with Crippen molar-refractivity contribution in [3.8, 4) is 0 Å². The highest BCUT2D eigenvalue weighted by Crippen LogP contribution is 2.28. The van der Waals surface area contributed by atoms with E-state index in [-0.39, 0.29) is 23.7 Å². The first kappa shape index (κ1) is 29.1. The summed E-state index contributed by atoms with van der Waals surface area (Å²) in [6, 6.07) is 7.37. The molecule has 3 fully saturated rings. The summed E-state index contributed by atoms with van der Waals surface area (Å²) in [6.07, 6.45) is 6.61. The summed E-state index contributed by atoms with van der Waals surface area (Å²) < 4.78 is 13.4. The number of hydrogen-bond donors (Lipinski definition) is 3. The number of amides is 2. The van der Waals surface area contributed by atoms with Crippen LogP contribution in [0.4, 0.5) is 14.3 Å². The van der Waals surface area contributed by atoms with Crippen LogP contribution in [0.1, 0.15) is 60.0 Å². The van der Waals surface area contributed by atoms with Gasteiger partial charge in [0.25, 0.3) is 0 Å². The van der Waals surface area contributed by atoms with Crippen molar-refractivity contribution in [2.75, 3.05) is 51.1 Å². The zero-order chi connectivity index (χ0) is 28.1. The SMILES string of the molecule is CC(=O)c1sc(NC(=O)N[C@@H]2CCN(C3CCNCC3)C[C@H]2CN2CCC[C@@H](Cc3ccc(F)cc3)C2)nc1C. The number of piperidine rings is 3. The number of likely N-dealkylation sites (tertiary alicyclic amines) is 2. The maximum Gasteiger partial charge on any atom is 0.321 e. The van der Waals surface area contributed by atoms with Gasteiger partial charge in [-0.05, 0) is 88.7 Å². The molecule has 8 nitrogen and oxygen atoms in total. The van der Waals surface area contributed by atoms with Crippen LogP contribution in [0.3, 0.4) is 0 Å². The lowest BCUT2D eigenvalue weighted by Crippen LogP contribution is -2.58. The highest BCUT2D eigenvalue weighted by Gasteiger charge is 2.35. The second-order valence-corrected chi connectivity index (χ2v) is 12.8. The van der Waals surface area contributed by atoms with Crippen LogP contribution in [0.5, 0.6) is 0 Å². The highest BCUT2D eigenvalue weighted by molar-refractivity contribution is 7.17. The van der Waals surface area contributed by atoms with Crippen molar-refractivity contribution >= 4 is 28.3 Å². The van der Waals surface area contributed by atoms with Gasteiger partial charge in [-0.15, -0.1) is 0 Å². The van der Waals surface area contributed by atoms with E-state index in [1.165, 1.54) is 43.1 Å². The third-order valence-corrected chi connectivity index (χ3v) is 9.95. The van der Waals surface area contributed by atoms with Gasteiger partial charge in [0.15, 0.2) is 10.9 Å². The molecule has 3 atom stereocenters. The van der Waals surface area contributed by atoms with Crippen molar-refractivity contribution in [2.45, 2.75) is 64.5 Å². The van der Waals surface area contributed by atoms with Crippen molar-refractivity contribution in [2.24, 2.45) is 11.8 Å². The largest absolute Gasteiger partial charge is 0.335 e. The Labute approximate surface area is 241 Å². The predicted molar refractivity (Wildman–Crippen MR) is 158 cm³/mol. The van der Waals surface area contributed by atoms with Crippen LogP contribution < -0.4 is 16.0 Å². The summed E-state index contributed by atoms with van der Waals surface area (Å²) >= 11 is 1.23. The van der Waals surface area contributed by atoms with Crippen LogP contribution in [0.25, 0.3) is 0 Å². The monoisotopic (exact) mass is 570 g/mol. The van der Waals surface area contributed by atoms with Crippen LogP contribution in [-0.4, -0.2) is 84.5 Å². The number of rotatable bonds is 8. The molecule has 0 unspecified atom stereocenters. The molecule has 3 aliphatic rings. The number of Topliss-reactive ketones (excluding diaryl/α,β-unsaturated/α-hetero) is 1. The maximum absolute atomic E-state index is 13.4. The first-order valence-electron chi connectivity index (χ1n) is 14.8. The summed E-state index contributed by atoms with van der Waals surface area (Å²) in [5, 5.41) is 10.1. The number of carbonyl (C=O) groups excluding carboxylic acids is 2. The minimum atomic E-state index is -0.248. The molecule has 2 amide bonds. The molecular weight excluding hydrogens is 527 g/mol. The number of aromatic nitrogens is 1. The van der Waals surface area contributed by atoms with Gasteiger partial charge in [0.1, 0.15) is 5.82 Å². The Hall–Kier alpha value is -2.40. The number of benzene rings is 1. The van der Waals surface area contributed by atoms with E-state index >= 15 is 0 Å². The van der Waals surface area contributed by atoms with Gasteiger partial charge < -0.3 is 15.5 Å². The van der Waals surface area contributed by atoms with Crippen molar-refractivity contribution in [1.82, 2.24) is 25.4 Å². The van der Waals surface area contributed by atoms with Gasteiger partial charge in [-0.3, -0.25) is 15.0 Å². The standard InChI is InChI=1S/C30H43FN6O2S/c1-20-28(21(2)38)40-30(33-20)35-29(39)34-27-11-15-37(26-9-12-32-13-10-26)19-24(27)18-36-14-3-4-23(17-36)16-22-5-7-25(31)8-6-22/h5-8,23-24,26-27,32H,3-4,9-19H2,1-2H3,(H2,33,34,35,39)/t23-,24+,27+/m0/s1. The minimum absolute atomic E-state index is 0.0342. The summed E-state index contributed by atoms with van der Waals surface area (Å²) in [6.45, 7) is 10.5. The molecule has 0 radical (unpaired) electrons. The molecule has 2 aromatic rings. The molecule has 0 bridgehead atoms. The Balaban J connectivity index is 1.22. The van der Waals surface area contributed by atoms with Gasteiger partial charge in [0, 0.05) is 51.1 Å². The molecule has 3 N–H and O–H groups in total. The number of ketones is 1. The van der Waals surface area contributed by atoms with E-state index in [0.717, 1.165) is 65.1 Å². The Morgan fingerprint density at radius 1 is 1.10 bits per heavy atom. The van der Waals surface area contributed by atoms with E-state index < -0.39 is 0 Å². The molecule has 4 heterocycles. The predicted octanol–water partition coefficient (Wildman–Crippen LogP) is 4.31. The first-order valence-corrected chi connectivity index (χ1v) is 15.6. The molecule has 40 heavy (non-hydrogen) atoms. The van der Waals surface area contributed by atoms with Crippen molar-refractivity contribution < 1.29 is 14.0 Å². The van der Waals surface area contributed by atoms with Gasteiger partial charge in [0.05, 0.1) is 10.6 Å². The number of aryl methyl sites for hydroxylation is 1. The first-order chi connectivity index (χ1) is 19.3. The quantitative estimate of drug-likeness (QED) is 0.410. The van der Waals surface area contributed by atoms with Crippen LogP contribution in [-0.2, 0) is 6.42 Å². The molecule has 5 rings (SSSR count). The number of hydrogen-bond acceptors (Lipinski definition) is 7. The van der Waals surface area contributed by atoms with Gasteiger partial charge in [-0.2, -0.15) is 0 Å². The third kappa shape index (κ3) is 7.66. The average Bonchev–Trinajstić information content (AvgIpc) is 3.31. The number of halogens is 1. The maximum atomic E-state index is 13.4. The van der Waals surface area contributed by atoms with E-state index in [4.69, 9.17) is 0 Å². The summed E-state index contributed by atoms with van der Waals surface area (Å²) in [4.78, 5) is 35.1. The van der Waals surface area contributed by atoms with Gasteiger partial charge >= 0.3 is 6.03 Å². The fraction of sp³-hybridized carbons (Fsp3) is 0.633. The molecule has 1 aromatic heterocycles. The molecule has 1 aromatic carbocycles. The zero-order valence-electron chi connectivity index (χ0n) is 23.8. The number of nitrogens with one attached hydrogen (secondary N) is 3. The zero-order valence-corrected chi connectivity index (χ0v) is 24.6. The Morgan fingerprint density at radius 2 is 1.88 bits per heavy atom. The van der Waals surface area contributed by atoms with Crippen molar-refractivity contribution in [1.29, 1.82) is 0 Å². The van der Waals surface area contributed by atoms with Crippen molar-refractivity contribution in [3.05, 3.63) is 46.2 Å². The van der Waals surface area contributed by atoms with E-state index in [2.05, 4.69) is 30.7 Å². The Kier molecular flexibility index (Phi) is 9.83. The highest BCUT2D eigenvalue weighted by atomic mass is 32.1. The lowest BCUT2D eigenvalue weighted by atomic mass is 9.87. The lowest BCUT2D eigenvalue weighted by molar-refractivity contribution is 0.0544. The molecule has 0 spiro atoms. The summed E-state index contributed by atoms with van der Waals surface area (Å²) in [7, 11) is 0. The number of anilines is 1. The molecule has 0 saturated carbocycles. The lowest BCUT2D eigenvalue weighted by Gasteiger charge is -2.45. The van der Waals surface area contributed by atoms with E-state index in [1.54, 1.807) is 19.1 Å².